The predicted octanol–water partition coefficient (Wildman–Crippen LogP) is 20.6. The number of rotatable bonds is 7. The first kappa shape index (κ1) is 48.9. The maximum Gasteiger partial charge on any atom is 0.0788 e. The monoisotopic (exact) mass is 1070 g/mol. The van der Waals surface area contributed by atoms with E-state index < -0.39 is 0 Å². The number of aryl methyl sites for hydroxylation is 1. The second-order valence-corrected chi connectivity index (χ2v) is 22.0. The molecule has 17 rings (SSSR count). The molecule has 1 atom stereocenters. The number of para-hydroxylation sites is 5. The van der Waals surface area contributed by atoms with E-state index in [0.717, 1.165) is 17.1 Å². The van der Waals surface area contributed by atoms with Crippen LogP contribution in [0, 0.1) is 0 Å². The van der Waals surface area contributed by atoms with Gasteiger partial charge in [-0.1, -0.05) is 200 Å². The summed E-state index contributed by atoms with van der Waals surface area (Å²) in [4.78, 5) is 4.07. The summed E-state index contributed by atoms with van der Waals surface area (Å²) in [6.45, 7) is 3.64. The zero-order valence-electron chi connectivity index (χ0n) is 46.3. The molecule has 84 heavy (non-hydrogen) atoms. The van der Waals surface area contributed by atoms with Crippen LogP contribution in [0.1, 0.15) is 11.5 Å². The van der Waals surface area contributed by atoms with Crippen LogP contribution in [0.4, 0.5) is 0 Å². The molecule has 0 N–H and O–H groups in total. The van der Waals surface area contributed by atoms with Gasteiger partial charge in [-0.05, 0) is 142 Å². The number of aliphatic imine (C=N–C) groups is 1. The third-order valence-corrected chi connectivity index (χ3v) is 17.4. The summed E-state index contributed by atoms with van der Waals surface area (Å²) in [7, 11) is 2.20. The van der Waals surface area contributed by atoms with Crippen molar-refractivity contribution in [1.29, 1.82) is 0 Å². The van der Waals surface area contributed by atoms with Gasteiger partial charge in [-0.2, -0.15) is 0 Å². The van der Waals surface area contributed by atoms with Crippen molar-refractivity contribution in [3.05, 3.63) is 309 Å². The molecule has 0 amide bonds. The molecule has 0 saturated heterocycles. The molecule has 1 aliphatic rings. The summed E-state index contributed by atoms with van der Waals surface area (Å²) in [5.74, 6) is 0.220. The third-order valence-electron chi connectivity index (χ3n) is 17.4. The molecule has 5 nitrogen and oxygen atoms in total. The van der Waals surface area contributed by atoms with Crippen LogP contribution in [0.25, 0.3) is 137 Å². The first-order valence-electron chi connectivity index (χ1n) is 28.8. The summed E-state index contributed by atoms with van der Waals surface area (Å²) in [6, 6.07) is 97.3. The Morgan fingerprint density at radius 1 is 0.345 bits per heavy atom. The number of benzene rings is 12. The number of allylic oxidation sites excluding steroid dienone is 5. The molecule has 16 aromatic rings. The molecule has 0 radical (unpaired) electrons. The van der Waals surface area contributed by atoms with Gasteiger partial charge < -0.3 is 18.3 Å². The van der Waals surface area contributed by atoms with E-state index in [1.807, 2.05) is 12.2 Å². The fourth-order valence-electron chi connectivity index (χ4n) is 13.4. The number of hydrogen-bond donors (Lipinski definition) is 0. The van der Waals surface area contributed by atoms with Gasteiger partial charge in [0.15, 0.2) is 0 Å². The highest BCUT2D eigenvalue weighted by Gasteiger charge is 2.23. The second kappa shape index (κ2) is 19.9. The summed E-state index contributed by atoms with van der Waals surface area (Å²) in [5, 5.41) is 12.6. The largest absolute Gasteiger partial charge is 0.344 e. The molecule has 0 saturated carbocycles. The van der Waals surface area contributed by atoms with Gasteiger partial charge in [0.05, 0.1) is 38.8 Å². The second-order valence-electron chi connectivity index (χ2n) is 22.0. The number of aromatic nitrogens is 4. The average Bonchev–Trinajstić information content (AvgIpc) is 1.72. The molecule has 0 aliphatic heterocycles. The van der Waals surface area contributed by atoms with E-state index in [1.54, 1.807) is 0 Å². The molecular weight excluding hydrogens is 1020 g/mol. The zero-order valence-corrected chi connectivity index (χ0v) is 46.3. The minimum Gasteiger partial charge on any atom is -0.344 e. The van der Waals surface area contributed by atoms with Crippen LogP contribution in [-0.2, 0) is 7.05 Å². The highest BCUT2D eigenvalue weighted by molar-refractivity contribution is 6.24. The highest BCUT2D eigenvalue weighted by atomic mass is 15.0. The lowest BCUT2D eigenvalue weighted by Crippen LogP contribution is -1.98. The lowest BCUT2D eigenvalue weighted by atomic mass is 9.93. The van der Waals surface area contributed by atoms with Crippen molar-refractivity contribution >= 4 is 105 Å². The van der Waals surface area contributed by atoms with Crippen molar-refractivity contribution in [1.82, 2.24) is 18.3 Å². The van der Waals surface area contributed by atoms with Crippen LogP contribution in [-0.4, -0.2) is 25.0 Å². The van der Waals surface area contributed by atoms with Gasteiger partial charge >= 0.3 is 0 Å². The molecule has 396 valence electrons. The lowest BCUT2D eigenvalue weighted by Gasteiger charge is -2.12. The maximum absolute atomic E-state index is 4.07. The number of fused-ring (bicyclic) bond motifs is 14. The van der Waals surface area contributed by atoms with E-state index in [0.29, 0.717) is 0 Å². The minimum atomic E-state index is 0.220. The van der Waals surface area contributed by atoms with Gasteiger partial charge in [-0.15, -0.1) is 0 Å². The van der Waals surface area contributed by atoms with E-state index in [1.165, 1.54) is 132 Å². The summed E-state index contributed by atoms with van der Waals surface area (Å²) in [6.07, 6.45) is 10.4. The number of nitrogens with zero attached hydrogens (tertiary/aromatic N) is 5. The molecule has 0 fully saturated rings. The van der Waals surface area contributed by atoms with Crippen LogP contribution in [0.3, 0.4) is 0 Å². The van der Waals surface area contributed by atoms with E-state index in [4.69, 9.17) is 0 Å². The summed E-state index contributed by atoms with van der Waals surface area (Å²) in [5.41, 5.74) is 20.3. The van der Waals surface area contributed by atoms with Crippen LogP contribution in [0.15, 0.2) is 308 Å². The minimum absolute atomic E-state index is 0.220. The molecule has 0 bridgehead atoms. The van der Waals surface area contributed by atoms with E-state index in [9.17, 15) is 0 Å². The van der Waals surface area contributed by atoms with Crippen molar-refractivity contribution < 1.29 is 0 Å². The maximum atomic E-state index is 4.07. The molecule has 1 unspecified atom stereocenters. The molecule has 4 heterocycles. The van der Waals surface area contributed by atoms with Crippen LogP contribution in [0.5, 0.6) is 0 Å². The van der Waals surface area contributed by atoms with Crippen molar-refractivity contribution in [2.45, 2.75) is 5.92 Å². The first-order chi connectivity index (χ1) is 41.6. The smallest absolute Gasteiger partial charge is 0.0788 e. The molecule has 4 aromatic heterocycles. The highest BCUT2D eigenvalue weighted by Crippen LogP contribution is 2.44. The van der Waals surface area contributed by atoms with Crippen LogP contribution < -0.4 is 0 Å². The Balaban J connectivity index is 0.000000193. The van der Waals surface area contributed by atoms with Crippen molar-refractivity contribution in [2.75, 3.05) is 0 Å². The molecule has 1 aliphatic carbocycles. The average molecular weight is 1070 g/mol. The van der Waals surface area contributed by atoms with Crippen LogP contribution >= 0.6 is 0 Å². The summed E-state index contributed by atoms with van der Waals surface area (Å²) >= 11 is 0. The standard InChI is InChI=1S/C55H36N4.C24H19N/c1-56-48-29-25-35(32-45(48)47-34-53-46(33-52(47)56)41-22-12-13-23-49(41)57(53)37-15-5-2-6-16-37)36-26-30-51-44(31-36)43-28-27-42-40-21-11-14-24-50(40)58(38-17-7-3-8-18-38)54(42)55(43)59(51)39-19-9-4-10-20-39;1-25-22-10-4-2-8-21(17-22)18-13-15-20(16-14-18)24-12-6-9-19-7-3-5-11-23(19)24/h2-34H,1H3;2-17,21H,1H2. The van der Waals surface area contributed by atoms with Gasteiger partial charge in [0.2, 0.25) is 0 Å². The first-order valence-corrected chi connectivity index (χ1v) is 28.8. The third kappa shape index (κ3) is 7.89. The molecule has 5 heteroatoms. The Bertz CT molecular complexity index is 5370. The lowest BCUT2D eigenvalue weighted by molar-refractivity contribution is 1.02. The SMILES string of the molecule is C=NC1=CC(c2ccc(-c3cccc4ccccc34)cc2)C=CC=C1.Cn1c2ccc(-c3ccc4c(c3)c3ccc5c6ccccc6n(-c6ccccc6)c5c3n4-c3ccccc3)cc2c2cc3c(cc21)c1ccccc1n3-c1ccccc1. The fourth-order valence-corrected chi connectivity index (χ4v) is 13.4. The van der Waals surface area contributed by atoms with Crippen molar-refractivity contribution in [2.24, 2.45) is 12.0 Å². The Labute approximate surface area is 486 Å². The van der Waals surface area contributed by atoms with Gasteiger partial charge in [0.1, 0.15) is 0 Å². The fraction of sp³-hybridized carbons (Fsp3) is 0.0253. The zero-order chi connectivity index (χ0) is 55.8. The molecular formula is C79H55N5. The topological polar surface area (TPSA) is 32.1 Å². The van der Waals surface area contributed by atoms with E-state index >= 15 is 0 Å². The molecule has 12 aromatic carbocycles. The van der Waals surface area contributed by atoms with Gasteiger partial charge in [0, 0.05) is 84.2 Å². The van der Waals surface area contributed by atoms with Crippen molar-refractivity contribution in [3.63, 3.8) is 0 Å². The normalized spacial score (nSPS) is 13.4. The predicted molar refractivity (Wildman–Crippen MR) is 357 cm³/mol. The van der Waals surface area contributed by atoms with Gasteiger partial charge in [-0.3, -0.25) is 4.99 Å². The Morgan fingerprint density at radius 3 is 1.48 bits per heavy atom. The van der Waals surface area contributed by atoms with E-state index in [2.05, 4.69) is 322 Å². The Morgan fingerprint density at radius 2 is 0.821 bits per heavy atom. The summed E-state index contributed by atoms with van der Waals surface area (Å²) < 4.78 is 9.70. The molecule has 0 spiro atoms. The Hall–Kier alpha value is -11.0. The van der Waals surface area contributed by atoms with Crippen LogP contribution in [0.2, 0.25) is 0 Å². The number of hydrogen-bond acceptors (Lipinski definition) is 1. The van der Waals surface area contributed by atoms with Gasteiger partial charge in [0.25, 0.3) is 0 Å². The van der Waals surface area contributed by atoms with Gasteiger partial charge in [-0.25, -0.2) is 0 Å². The van der Waals surface area contributed by atoms with E-state index in [-0.39, 0.29) is 5.92 Å². The quantitative estimate of drug-likeness (QED) is 0.143. The Kier molecular flexibility index (Phi) is 11.6. The van der Waals surface area contributed by atoms with Crippen molar-refractivity contribution in [3.8, 4) is 39.3 Å².